The van der Waals surface area contributed by atoms with Gasteiger partial charge in [0.2, 0.25) is 0 Å². The van der Waals surface area contributed by atoms with Crippen LogP contribution in [0.4, 0.5) is 0 Å². The molecule has 0 spiro atoms. The van der Waals surface area contributed by atoms with Gasteiger partial charge in [-0.2, -0.15) is 0 Å². The van der Waals surface area contributed by atoms with Crippen LogP contribution < -0.4 is 9.47 Å². The molecule has 2 rings (SSSR count). The van der Waals surface area contributed by atoms with Gasteiger partial charge in [-0.15, -0.1) is 0 Å². The first-order valence-corrected chi connectivity index (χ1v) is 6.74. The van der Waals surface area contributed by atoms with Crippen molar-refractivity contribution in [3.63, 3.8) is 0 Å². The van der Waals surface area contributed by atoms with E-state index in [1.807, 2.05) is 24.3 Å². The second kappa shape index (κ2) is 6.78. The van der Waals surface area contributed by atoms with Gasteiger partial charge in [-0.1, -0.05) is 12.1 Å². The van der Waals surface area contributed by atoms with Gasteiger partial charge in [0.1, 0.15) is 0 Å². The van der Waals surface area contributed by atoms with Crippen molar-refractivity contribution in [2.24, 2.45) is 5.41 Å². The molecule has 1 aliphatic rings. The average Bonchev–Trinajstić information content (AvgIpc) is 2.49. The summed E-state index contributed by atoms with van der Waals surface area (Å²) in [6.07, 6.45) is 2.64. The van der Waals surface area contributed by atoms with E-state index >= 15 is 0 Å². The second-order valence-corrected chi connectivity index (χ2v) is 5.02. The van der Waals surface area contributed by atoms with Crippen LogP contribution in [0.25, 0.3) is 0 Å². The maximum atomic E-state index is 9.60. The number of hydrogen-bond acceptors (Lipinski definition) is 4. The van der Waals surface area contributed by atoms with Gasteiger partial charge in [-0.3, -0.25) is 0 Å². The standard InChI is InChI=1S/C15H22O4/c1-17-13-4-2-3-5-14(13)19-11-8-15(12-16)6-9-18-10-7-15/h2-5,16H,6-12H2,1H3. The first-order valence-electron chi connectivity index (χ1n) is 6.74. The lowest BCUT2D eigenvalue weighted by atomic mass is 9.78. The third-order valence-corrected chi connectivity index (χ3v) is 3.85. The molecule has 4 nitrogen and oxygen atoms in total. The molecule has 1 aromatic rings. The summed E-state index contributed by atoms with van der Waals surface area (Å²) in [6, 6.07) is 7.62. The Hall–Kier alpha value is -1.26. The van der Waals surface area contributed by atoms with Crippen LogP contribution in [0.1, 0.15) is 19.3 Å². The predicted octanol–water partition coefficient (Wildman–Crippen LogP) is 2.25. The fourth-order valence-corrected chi connectivity index (χ4v) is 2.41. The quantitative estimate of drug-likeness (QED) is 0.858. The van der Waals surface area contributed by atoms with E-state index in [2.05, 4.69) is 0 Å². The highest BCUT2D eigenvalue weighted by Gasteiger charge is 2.31. The van der Waals surface area contributed by atoms with E-state index in [1.165, 1.54) is 0 Å². The summed E-state index contributed by atoms with van der Waals surface area (Å²) in [5.74, 6) is 1.50. The molecule has 0 aliphatic carbocycles. The Balaban J connectivity index is 1.88. The van der Waals surface area contributed by atoms with E-state index in [9.17, 15) is 5.11 Å². The summed E-state index contributed by atoms with van der Waals surface area (Å²) >= 11 is 0. The maximum absolute atomic E-state index is 9.60. The minimum Gasteiger partial charge on any atom is -0.493 e. The summed E-state index contributed by atoms with van der Waals surface area (Å²) in [5, 5.41) is 9.60. The number of para-hydroxylation sites is 2. The molecule has 0 atom stereocenters. The minimum absolute atomic E-state index is 0.0414. The van der Waals surface area contributed by atoms with E-state index in [0.29, 0.717) is 6.61 Å². The molecule has 1 heterocycles. The van der Waals surface area contributed by atoms with Crippen LogP contribution in [0.3, 0.4) is 0 Å². The molecule has 0 saturated carbocycles. The van der Waals surface area contributed by atoms with Gasteiger partial charge < -0.3 is 19.3 Å². The van der Waals surface area contributed by atoms with Gasteiger partial charge in [-0.05, 0) is 31.4 Å². The first kappa shape index (κ1) is 14.2. The molecule has 0 radical (unpaired) electrons. The molecule has 106 valence electrons. The largest absolute Gasteiger partial charge is 0.493 e. The number of methoxy groups -OCH3 is 1. The van der Waals surface area contributed by atoms with Crippen LogP contribution in [0.2, 0.25) is 0 Å². The molecule has 1 aromatic carbocycles. The Bertz CT molecular complexity index is 385. The highest BCUT2D eigenvalue weighted by molar-refractivity contribution is 5.39. The fourth-order valence-electron chi connectivity index (χ4n) is 2.41. The first-order chi connectivity index (χ1) is 9.29. The second-order valence-electron chi connectivity index (χ2n) is 5.02. The van der Waals surface area contributed by atoms with Crippen LogP contribution >= 0.6 is 0 Å². The number of ether oxygens (including phenoxy) is 3. The van der Waals surface area contributed by atoms with Gasteiger partial charge in [-0.25, -0.2) is 0 Å². The van der Waals surface area contributed by atoms with Crippen molar-refractivity contribution in [2.45, 2.75) is 19.3 Å². The number of aliphatic hydroxyl groups is 1. The number of rotatable bonds is 6. The van der Waals surface area contributed by atoms with Crippen LogP contribution in [-0.2, 0) is 4.74 Å². The number of aliphatic hydroxyl groups excluding tert-OH is 1. The molecule has 1 N–H and O–H groups in total. The van der Waals surface area contributed by atoms with Gasteiger partial charge >= 0.3 is 0 Å². The van der Waals surface area contributed by atoms with Crippen LogP contribution in [0.15, 0.2) is 24.3 Å². The molecular formula is C15H22O4. The van der Waals surface area contributed by atoms with E-state index in [-0.39, 0.29) is 12.0 Å². The molecule has 4 heteroatoms. The van der Waals surface area contributed by atoms with Gasteiger partial charge in [0.05, 0.1) is 13.7 Å². The van der Waals surface area contributed by atoms with Crippen molar-refractivity contribution >= 4 is 0 Å². The van der Waals surface area contributed by atoms with Crippen molar-refractivity contribution in [1.29, 1.82) is 0 Å². The Morgan fingerprint density at radius 3 is 2.53 bits per heavy atom. The van der Waals surface area contributed by atoms with Crippen molar-refractivity contribution in [3.05, 3.63) is 24.3 Å². The third kappa shape index (κ3) is 3.61. The van der Waals surface area contributed by atoms with E-state index in [4.69, 9.17) is 14.2 Å². The van der Waals surface area contributed by atoms with Crippen molar-refractivity contribution in [1.82, 2.24) is 0 Å². The minimum atomic E-state index is -0.0414. The summed E-state index contributed by atoms with van der Waals surface area (Å²) < 4.78 is 16.4. The molecule has 1 saturated heterocycles. The van der Waals surface area contributed by atoms with Gasteiger partial charge in [0, 0.05) is 25.2 Å². The Kier molecular flexibility index (Phi) is 5.05. The van der Waals surface area contributed by atoms with Crippen LogP contribution in [0.5, 0.6) is 11.5 Å². The molecule has 1 fully saturated rings. The third-order valence-electron chi connectivity index (χ3n) is 3.85. The highest BCUT2D eigenvalue weighted by Crippen LogP contribution is 2.34. The van der Waals surface area contributed by atoms with E-state index in [1.54, 1.807) is 7.11 Å². The Morgan fingerprint density at radius 1 is 1.21 bits per heavy atom. The molecule has 1 aliphatic heterocycles. The molecule has 0 aromatic heterocycles. The van der Waals surface area contributed by atoms with Crippen molar-refractivity contribution < 1.29 is 19.3 Å². The normalized spacial score (nSPS) is 18.0. The SMILES string of the molecule is COc1ccccc1OCCC1(CO)CCOCC1. The summed E-state index contributed by atoms with van der Waals surface area (Å²) in [5.41, 5.74) is -0.0414. The zero-order chi connectivity index (χ0) is 13.6. The van der Waals surface area contributed by atoms with E-state index < -0.39 is 0 Å². The zero-order valence-corrected chi connectivity index (χ0v) is 11.4. The van der Waals surface area contributed by atoms with Crippen LogP contribution in [0, 0.1) is 5.41 Å². The number of hydrogen-bond donors (Lipinski definition) is 1. The Labute approximate surface area is 114 Å². The van der Waals surface area contributed by atoms with E-state index in [0.717, 1.165) is 44.0 Å². The smallest absolute Gasteiger partial charge is 0.161 e. The average molecular weight is 266 g/mol. The predicted molar refractivity (Wildman–Crippen MR) is 72.7 cm³/mol. The fraction of sp³-hybridized carbons (Fsp3) is 0.600. The summed E-state index contributed by atoms with van der Waals surface area (Å²) in [7, 11) is 1.63. The summed E-state index contributed by atoms with van der Waals surface area (Å²) in [4.78, 5) is 0. The Morgan fingerprint density at radius 2 is 1.89 bits per heavy atom. The lowest BCUT2D eigenvalue weighted by Gasteiger charge is -2.35. The lowest BCUT2D eigenvalue weighted by Crippen LogP contribution is -2.34. The molecule has 0 amide bonds. The van der Waals surface area contributed by atoms with Crippen LogP contribution in [-0.4, -0.2) is 38.6 Å². The zero-order valence-electron chi connectivity index (χ0n) is 11.4. The van der Waals surface area contributed by atoms with Gasteiger partial charge in [0.25, 0.3) is 0 Å². The number of benzene rings is 1. The topological polar surface area (TPSA) is 47.9 Å². The van der Waals surface area contributed by atoms with Gasteiger partial charge in [0.15, 0.2) is 11.5 Å². The molecule has 0 unspecified atom stereocenters. The van der Waals surface area contributed by atoms with Crippen molar-refractivity contribution in [3.8, 4) is 11.5 Å². The molecule has 0 bridgehead atoms. The monoisotopic (exact) mass is 266 g/mol. The summed E-state index contributed by atoms with van der Waals surface area (Å²) in [6.45, 7) is 2.25. The highest BCUT2D eigenvalue weighted by atomic mass is 16.5. The lowest BCUT2D eigenvalue weighted by molar-refractivity contribution is -0.0264. The molecule has 19 heavy (non-hydrogen) atoms. The maximum Gasteiger partial charge on any atom is 0.161 e. The van der Waals surface area contributed by atoms with Crippen molar-refractivity contribution in [2.75, 3.05) is 33.5 Å². The molecular weight excluding hydrogens is 244 g/mol.